The van der Waals surface area contributed by atoms with Gasteiger partial charge < -0.3 is 14.8 Å². The van der Waals surface area contributed by atoms with Gasteiger partial charge in [0.25, 0.3) is 11.8 Å². The molecule has 0 bridgehead atoms. The summed E-state index contributed by atoms with van der Waals surface area (Å²) in [5.41, 5.74) is 0.141. The number of hydrogen-bond donors (Lipinski definition) is 1. The zero-order valence-electron chi connectivity index (χ0n) is 12.7. The first-order chi connectivity index (χ1) is 11.0. The monoisotopic (exact) mass is 322 g/mol. The topological polar surface area (TPSA) is 60.5 Å². The highest BCUT2D eigenvalue weighted by Gasteiger charge is 2.11. The second-order valence-electron chi connectivity index (χ2n) is 4.94. The van der Waals surface area contributed by atoms with E-state index in [4.69, 9.17) is 9.47 Å². The number of aromatic nitrogens is 1. The first kappa shape index (κ1) is 16.7. The number of carbonyl (C=O) groups is 1. The molecule has 0 aliphatic carbocycles. The fourth-order valence-corrected chi connectivity index (χ4v) is 1.71. The van der Waals surface area contributed by atoms with E-state index >= 15 is 0 Å². The molecule has 0 fully saturated rings. The molecule has 0 aliphatic heterocycles. The summed E-state index contributed by atoms with van der Waals surface area (Å²) in [5.74, 6) is -1.94. The minimum atomic E-state index is -1.04. The van der Waals surface area contributed by atoms with E-state index in [1.165, 1.54) is 6.07 Å². The van der Waals surface area contributed by atoms with E-state index in [1.54, 1.807) is 18.3 Å². The van der Waals surface area contributed by atoms with Gasteiger partial charge in [0, 0.05) is 18.0 Å². The average molecular weight is 322 g/mol. The van der Waals surface area contributed by atoms with Crippen molar-refractivity contribution in [1.82, 2.24) is 4.98 Å². The molecule has 0 saturated heterocycles. The van der Waals surface area contributed by atoms with Gasteiger partial charge in [0.05, 0.1) is 6.10 Å². The number of rotatable bonds is 6. The summed E-state index contributed by atoms with van der Waals surface area (Å²) in [4.78, 5) is 15.8. The molecular formula is C16H16F2N2O3. The van der Waals surface area contributed by atoms with Crippen LogP contribution in [0.3, 0.4) is 0 Å². The Morgan fingerprint density at radius 2 is 2.04 bits per heavy atom. The van der Waals surface area contributed by atoms with Crippen molar-refractivity contribution >= 4 is 11.6 Å². The standard InChI is InChI=1S/C16H16F2N2O3/c1-10(2)23-16-14(4-3-7-19-16)22-9-15(21)20-11-5-6-12(17)13(18)8-11/h3-8,10H,9H2,1-2H3,(H,20,21). The third-order valence-electron chi connectivity index (χ3n) is 2.65. The molecule has 1 aromatic heterocycles. The lowest BCUT2D eigenvalue weighted by Gasteiger charge is -2.13. The van der Waals surface area contributed by atoms with Crippen LogP contribution in [0.5, 0.6) is 11.6 Å². The van der Waals surface area contributed by atoms with Crippen LogP contribution in [0.2, 0.25) is 0 Å². The van der Waals surface area contributed by atoms with E-state index in [2.05, 4.69) is 10.3 Å². The Labute approximate surface area is 132 Å². The Kier molecular flexibility index (Phi) is 5.46. The van der Waals surface area contributed by atoms with Gasteiger partial charge in [-0.15, -0.1) is 0 Å². The van der Waals surface area contributed by atoms with Crippen molar-refractivity contribution in [2.24, 2.45) is 0 Å². The fourth-order valence-electron chi connectivity index (χ4n) is 1.71. The molecule has 122 valence electrons. The number of nitrogens with one attached hydrogen (secondary N) is 1. The molecule has 2 rings (SSSR count). The van der Waals surface area contributed by atoms with E-state index in [1.807, 2.05) is 13.8 Å². The van der Waals surface area contributed by atoms with Crippen molar-refractivity contribution < 1.29 is 23.0 Å². The maximum Gasteiger partial charge on any atom is 0.262 e. The number of benzene rings is 1. The minimum Gasteiger partial charge on any atom is -0.478 e. The van der Waals surface area contributed by atoms with Crippen LogP contribution in [0.4, 0.5) is 14.5 Å². The van der Waals surface area contributed by atoms with Gasteiger partial charge in [-0.05, 0) is 38.1 Å². The van der Waals surface area contributed by atoms with Crippen LogP contribution in [-0.4, -0.2) is 23.6 Å². The summed E-state index contributed by atoms with van der Waals surface area (Å²) in [6.45, 7) is 3.36. The predicted molar refractivity (Wildman–Crippen MR) is 80.5 cm³/mol. The quantitative estimate of drug-likeness (QED) is 0.887. The number of nitrogens with zero attached hydrogens (tertiary/aromatic N) is 1. The largest absolute Gasteiger partial charge is 0.478 e. The van der Waals surface area contributed by atoms with Gasteiger partial charge in [0.2, 0.25) is 0 Å². The SMILES string of the molecule is CC(C)Oc1ncccc1OCC(=O)Nc1ccc(F)c(F)c1. The number of pyridine rings is 1. The summed E-state index contributed by atoms with van der Waals surface area (Å²) in [7, 11) is 0. The molecule has 0 spiro atoms. The Morgan fingerprint density at radius 1 is 1.26 bits per heavy atom. The summed E-state index contributed by atoms with van der Waals surface area (Å²) >= 11 is 0. The van der Waals surface area contributed by atoms with Gasteiger partial charge in [-0.2, -0.15) is 0 Å². The zero-order valence-corrected chi connectivity index (χ0v) is 12.7. The third-order valence-corrected chi connectivity index (χ3v) is 2.65. The second kappa shape index (κ2) is 7.53. The van der Waals surface area contributed by atoms with Crippen molar-refractivity contribution in [1.29, 1.82) is 0 Å². The highest BCUT2D eigenvalue weighted by molar-refractivity contribution is 5.91. The van der Waals surface area contributed by atoms with Crippen LogP contribution in [0.15, 0.2) is 36.5 Å². The third kappa shape index (κ3) is 4.91. The lowest BCUT2D eigenvalue weighted by atomic mass is 10.3. The Bertz CT molecular complexity index is 693. The number of carbonyl (C=O) groups excluding carboxylic acids is 1. The Morgan fingerprint density at radius 3 is 2.74 bits per heavy atom. The average Bonchev–Trinajstić information content (AvgIpc) is 2.49. The molecule has 5 nitrogen and oxygen atoms in total. The van der Waals surface area contributed by atoms with Crippen LogP contribution in [-0.2, 0) is 4.79 Å². The molecule has 2 aromatic rings. The van der Waals surface area contributed by atoms with Gasteiger partial charge in [-0.3, -0.25) is 4.79 Å². The van der Waals surface area contributed by atoms with Gasteiger partial charge in [0.15, 0.2) is 24.0 Å². The molecule has 23 heavy (non-hydrogen) atoms. The molecule has 0 radical (unpaired) electrons. The van der Waals surface area contributed by atoms with Crippen molar-refractivity contribution in [3.05, 3.63) is 48.2 Å². The number of amides is 1. The van der Waals surface area contributed by atoms with Crippen molar-refractivity contribution in [2.45, 2.75) is 20.0 Å². The molecule has 0 saturated carbocycles. The summed E-state index contributed by atoms with van der Waals surface area (Å²) in [6.07, 6.45) is 1.45. The van der Waals surface area contributed by atoms with Gasteiger partial charge in [-0.1, -0.05) is 0 Å². The molecule has 0 aliphatic rings. The maximum absolute atomic E-state index is 13.1. The molecule has 7 heteroatoms. The maximum atomic E-state index is 13.1. The van der Waals surface area contributed by atoms with Crippen LogP contribution in [0.25, 0.3) is 0 Å². The number of halogens is 2. The van der Waals surface area contributed by atoms with Crippen molar-refractivity contribution in [3.63, 3.8) is 0 Å². The van der Waals surface area contributed by atoms with Crippen LogP contribution in [0.1, 0.15) is 13.8 Å². The lowest BCUT2D eigenvalue weighted by molar-refractivity contribution is -0.118. The van der Waals surface area contributed by atoms with Crippen LogP contribution < -0.4 is 14.8 Å². The minimum absolute atomic E-state index is 0.0942. The van der Waals surface area contributed by atoms with Crippen molar-refractivity contribution in [2.75, 3.05) is 11.9 Å². The molecule has 0 atom stereocenters. The van der Waals surface area contributed by atoms with Gasteiger partial charge >= 0.3 is 0 Å². The molecule has 1 amide bonds. The summed E-state index contributed by atoms with van der Waals surface area (Å²) in [6, 6.07) is 6.35. The van der Waals surface area contributed by atoms with E-state index in [0.717, 1.165) is 12.1 Å². The first-order valence-electron chi connectivity index (χ1n) is 6.95. The van der Waals surface area contributed by atoms with E-state index in [9.17, 15) is 13.6 Å². The van der Waals surface area contributed by atoms with Gasteiger partial charge in [0.1, 0.15) is 0 Å². The van der Waals surface area contributed by atoms with E-state index in [0.29, 0.717) is 5.75 Å². The molecule has 0 unspecified atom stereocenters. The Balaban J connectivity index is 1.95. The molecule has 1 heterocycles. The van der Waals surface area contributed by atoms with Crippen LogP contribution in [0, 0.1) is 11.6 Å². The molecule has 1 N–H and O–H groups in total. The smallest absolute Gasteiger partial charge is 0.262 e. The highest BCUT2D eigenvalue weighted by atomic mass is 19.2. The van der Waals surface area contributed by atoms with Crippen LogP contribution >= 0.6 is 0 Å². The highest BCUT2D eigenvalue weighted by Crippen LogP contribution is 2.24. The van der Waals surface area contributed by atoms with E-state index < -0.39 is 17.5 Å². The first-order valence-corrected chi connectivity index (χ1v) is 6.95. The fraction of sp³-hybridized carbons (Fsp3) is 0.250. The normalized spacial score (nSPS) is 10.5. The molecular weight excluding hydrogens is 306 g/mol. The predicted octanol–water partition coefficient (Wildman–Crippen LogP) is 3.16. The number of anilines is 1. The Hall–Kier alpha value is -2.70. The summed E-state index contributed by atoms with van der Waals surface area (Å²) < 4.78 is 36.7. The number of ether oxygens (including phenoxy) is 2. The van der Waals surface area contributed by atoms with Crippen molar-refractivity contribution in [3.8, 4) is 11.6 Å². The van der Waals surface area contributed by atoms with E-state index in [-0.39, 0.29) is 24.3 Å². The summed E-state index contributed by atoms with van der Waals surface area (Å²) in [5, 5.41) is 2.41. The zero-order chi connectivity index (χ0) is 16.8. The number of hydrogen-bond acceptors (Lipinski definition) is 4. The molecule has 1 aromatic carbocycles. The lowest BCUT2D eigenvalue weighted by Crippen LogP contribution is -2.20. The van der Waals surface area contributed by atoms with Gasteiger partial charge in [-0.25, -0.2) is 13.8 Å². The second-order valence-corrected chi connectivity index (χ2v) is 4.94.